The summed E-state index contributed by atoms with van der Waals surface area (Å²) in [5, 5.41) is 9.85. The zero-order valence-electron chi connectivity index (χ0n) is 9.31. The summed E-state index contributed by atoms with van der Waals surface area (Å²) in [7, 11) is 0. The average molecular weight is 231 g/mol. The van der Waals surface area contributed by atoms with Crippen LogP contribution in [0.2, 0.25) is 0 Å². The first-order chi connectivity index (χ1) is 8.27. The highest BCUT2D eigenvalue weighted by molar-refractivity contribution is 6.03. The molecule has 0 saturated heterocycles. The molecule has 0 aromatic carbocycles. The molecule has 17 heavy (non-hydrogen) atoms. The normalized spacial score (nSPS) is 16.7. The number of carboxylic acids is 1. The van der Waals surface area contributed by atoms with Crippen LogP contribution in [0.3, 0.4) is 0 Å². The first kappa shape index (κ1) is 10.3. The Morgan fingerprint density at radius 2 is 2.12 bits per heavy atom. The highest BCUT2D eigenvalue weighted by Gasteiger charge is 2.24. The van der Waals surface area contributed by atoms with Gasteiger partial charge < -0.3 is 10.1 Å². The number of hydrogen-bond acceptors (Lipinski definition) is 3. The van der Waals surface area contributed by atoms with Crippen molar-refractivity contribution in [3.05, 3.63) is 23.8 Å². The quantitative estimate of drug-likeness (QED) is 0.831. The number of rotatable bonds is 2. The second kappa shape index (κ2) is 3.84. The number of carbonyl (C=O) groups is 1. The van der Waals surface area contributed by atoms with Crippen LogP contribution in [0.5, 0.6) is 0 Å². The summed E-state index contributed by atoms with van der Waals surface area (Å²) in [5.41, 5.74) is 1.80. The van der Waals surface area contributed by atoms with Crippen molar-refractivity contribution in [2.75, 3.05) is 0 Å². The van der Waals surface area contributed by atoms with Crippen LogP contribution in [-0.2, 0) is 0 Å². The maximum absolute atomic E-state index is 11.2. The molecule has 0 spiro atoms. The topological polar surface area (TPSA) is 78.9 Å². The number of hydrogen-bond donors (Lipinski definition) is 2. The van der Waals surface area contributed by atoms with Crippen LogP contribution in [0.15, 0.2) is 12.5 Å². The van der Waals surface area contributed by atoms with Crippen LogP contribution in [0.25, 0.3) is 11.0 Å². The van der Waals surface area contributed by atoms with Crippen LogP contribution in [-0.4, -0.2) is 26.0 Å². The summed E-state index contributed by atoms with van der Waals surface area (Å²) >= 11 is 0. The maximum Gasteiger partial charge on any atom is 0.338 e. The van der Waals surface area contributed by atoms with E-state index in [4.69, 9.17) is 5.11 Å². The van der Waals surface area contributed by atoms with Crippen molar-refractivity contribution in [3.8, 4) is 0 Å². The number of H-pyrrole nitrogens is 1. The Kier molecular flexibility index (Phi) is 2.31. The Balaban J connectivity index is 2.22. The number of fused-ring (bicyclic) bond motifs is 1. The van der Waals surface area contributed by atoms with Gasteiger partial charge in [-0.25, -0.2) is 14.8 Å². The molecule has 1 saturated carbocycles. The maximum atomic E-state index is 11.2. The molecule has 2 aromatic heterocycles. The Morgan fingerprint density at radius 1 is 1.35 bits per heavy atom. The van der Waals surface area contributed by atoms with E-state index >= 15 is 0 Å². The average Bonchev–Trinajstić information content (AvgIpc) is 2.97. The van der Waals surface area contributed by atoms with Gasteiger partial charge in [-0.2, -0.15) is 0 Å². The van der Waals surface area contributed by atoms with Gasteiger partial charge in [0.2, 0.25) is 0 Å². The third-order valence-corrected chi connectivity index (χ3v) is 3.47. The van der Waals surface area contributed by atoms with Gasteiger partial charge >= 0.3 is 5.97 Å². The molecule has 0 unspecified atom stereocenters. The minimum atomic E-state index is -0.926. The van der Waals surface area contributed by atoms with Gasteiger partial charge in [-0.1, -0.05) is 12.8 Å². The molecule has 5 heteroatoms. The van der Waals surface area contributed by atoms with Crippen molar-refractivity contribution in [3.63, 3.8) is 0 Å². The van der Waals surface area contributed by atoms with E-state index in [0.29, 0.717) is 17.0 Å². The third-order valence-electron chi connectivity index (χ3n) is 3.47. The van der Waals surface area contributed by atoms with Crippen LogP contribution < -0.4 is 0 Å². The minimum absolute atomic E-state index is 0.280. The molecular weight excluding hydrogens is 218 g/mol. The first-order valence-electron chi connectivity index (χ1n) is 5.82. The summed E-state index contributed by atoms with van der Waals surface area (Å²) in [6.07, 6.45) is 7.59. The Morgan fingerprint density at radius 3 is 2.82 bits per heavy atom. The lowest BCUT2D eigenvalue weighted by atomic mass is 9.99. The number of aromatic amines is 1. The molecule has 0 aliphatic heterocycles. The van der Waals surface area contributed by atoms with Gasteiger partial charge in [0.15, 0.2) is 0 Å². The Bertz CT molecular complexity index is 570. The summed E-state index contributed by atoms with van der Waals surface area (Å²) in [4.78, 5) is 22.5. The van der Waals surface area contributed by atoms with E-state index in [2.05, 4.69) is 15.0 Å². The Hall–Kier alpha value is -1.91. The second-order valence-corrected chi connectivity index (χ2v) is 4.47. The summed E-state index contributed by atoms with van der Waals surface area (Å²) in [5.74, 6) is -0.542. The van der Waals surface area contributed by atoms with E-state index < -0.39 is 5.97 Å². The van der Waals surface area contributed by atoms with E-state index in [1.165, 1.54) is 25.4 Å². The van der Waals surface area contributed by atoms with Crippen molar-refractivity contribution in [1.82, 2.24) is 15.0 Å². The number of nitrogens with one attached hydrogen (secondary N) is 1. The summed E-state index contributed by atoms with van der Waals surface area (Å²) in [6.45, 7) is 0. The van der Waals surface area contributed by atoms with Gasteiger partial charge in [-0.3, -0.25) is 0 Å². The predicted octanol–water partition coefficient (Wildman–Crippen LogP) is 2.31. The van der Waals surface area contributed by atoms with Crippen molar-refractivity contribution in [2.24, 2.45) is 0 Å². The molecule has 0 atom stereocenters. The standard InChI is InChI=1S/C12H13N3O2/c16-12(17)8-5-13-11-9(8)10(14-6-15-11)7-3-1-2-4-7/h5-7H,1-4H2,(H,16,17)(H,13,14,15). The van der Waals surface area contributed by atoms with E-state index in [1.807, 2.05) is 0 Å². The smallest absolute Gasteiger partial charge is 0.338 e. The molecule has 0 radical (unpaired) electrons. The number of aromatic carboxylic acids is 1. The van der Waals surface area contributed by atoms with Crippen LogP contribution in [0.1, 0.15) is 47.7 Å². The van der Waals surface area contributed by atoms with E-state index in [9.17, 15) is 4.79 Å². The zero-order valence-corrected chi connectivity index (χ0v) is 9.31. The Labute approximate surface area is 97.9 Å². The monoisotopic (exact) mass is 231 g/mol. The van der Waals surface area contributed by atoms with E-state index in [-0.39, 0.29) is 5.56 Å². The lowest BCUT2D eigenvalue weighted by Gasteiger charge is -2.09. The highest BCUT2D eigenvalue weighted by Crippen LogP contribution is 2.36. The molecule has 2 heterocycles. The lowest BCUT2D eigenvalue weighted by molar-refractivity contribution is 0.0699. The summed E-state index contributed by atoms with van der Waals surface area (Å²) < 4.78 is 0. The largest absolute Gasteiger partial charge is 0.478 e. The number of carboxylic acid groups (broad SMARTS) is 1. The SMILES string of the molecule is O=C(O)c1c[nH]c2ncnc(C3CCCC3)c12. The van der Waals surface area contributed by atoms with Gasteiger partial charge in [0, 0.05) is 12.1 Å². The van der Waals surface area contributed by atoms with Gasteiger partial charge in [-0.05, 0) is 12.8 Å². The van der Waals surface area contributed by atoms with Gasteiger partial charge in [0.25, 0.3) is 0 Å². The number of nitrogens with zero attached hydrogens (tertiary/aromatic N) is 2. The molecule has 1 aliphatic rings. The molecule has 1 fully saturated rings. The van der Waals surface area contributed by atoms with Crippen LogP contribution in [0.4, 0.5) is 0 Å². The zero-order chi connectivity index (χ0) is 11.8. The van der Waals surface area contributed by atoms with Crippen molar-refractivity contribution in [1.29, 1.82) is 0 Å². The molecule has 0 amide bonds. The van der Waals surface area contributed by atoms with E-state index in [0.717, 1.165) is 18.5 Å². The fourth-order valence-electron chi connectivity index (χ4n) is 2.66. The predicted molar refractivity (Wildman–Crippen MR) is 62.1 cm³/mol. The fourth-order valence-corrected chi connectivity index (χ4v) is 2.66. The number of aromatic nitrogens is 3. The molecule has 88 valence electrons. The molecule has 5 nitrogen and oxygen atoms in total. The van der Waals surface area contributed by atoms with E-state index in [1.54, 1.807) is 0 Å². The lowest BCUT2D eigenvalue weighted by Crippen LogP contribution is -2.02. The highest BCUT2D eigenvalue weighted by atomic mass is 16.4. The van der Waals surface area contributed by atoms with Crippen LogP contribution >= 0.6 is 0 Å². The van der Waals surface area contributed by atoms with Gasteiger partial charge in [-0.15, -0.1) is 0 Å². The first-order valence-corrected chi connectivity index (χ1v) is 5.82. The molecule has 2 N–H and O–H groups in total. The third kappa shape index (κ3) is 1.58. The minimum Gasteiger partial charge on any atom is -0.478 e. The molecule has 3 rings (SSSR count). The van der Waals surface area contributed by atoms with Gasteiger partial charge in [0.05, 0.1) is 16.6 Å². The van der Waals surface area contributed by atoms with Crippen molar-refractivity contribution in [2.45, 2.75) is 31.6 Å². The second-order valence-electron chi connectivity index (χ2n) is 4.47. The van der Waals surface area contributed by atoms with Crippen molar-refractivity contribution < 1.29 is 9.90 Å². The summed E-state index contributed by atoms with van der Waals surface area (Å²) in [6, 6.07) is 0. The molecule has 0 bridgehead atoms. The van der Waals surface area contributed by atoms with Crippen LogP contribution in [0, 0.1) is 0 Å². The molecule has 2 aromatic rings. The fraction of sp³-hybridized carbons (Fsp3) is 0.417. The molecular formula is C12H13N3O2. The molecule has 1 aliphatic carbocycles. The van der Waals surface area contributed by atoms with Gasteiger partial charge in [0.1, 0.15) is 12.0 Å². The van der Waals surface area contributed by atoms with Crippen molar-refractivity contribution >= 4 is 17.0 Å².